The van der Waals surface area contributed by atoms with E-state index >= 15 is 0 Å². The van der Waals surface area contributed by atoms with E-state index < -0.39 is 0 Å². The van der Waals surface area contributed by atoms with Crippen LogP contribution >= 0.6 is 0 Å². The molecule has 0 bridgehead atoms. The molecule has 0 spiro atoms. The second-order valence-corrected chi connectivity index (χ2v) is 3.42. The molecule has 15 heavy (non-hydrogen) atoms. The minimum atomic E-state index is 0. The minimum absolute atomic E-state index is 0. The molecule has 0 aliphatic carbocycles. The summed E-state index contributed by atoms with van der Waals surface area (Å²) >= 11 is 0. The highest BCUT2D eigenvalue weighted by Gasteiger charge is 1.95. The first-order valence-electron chi connectivity index (χ1n) is 4.66. The topological polar surface area (TPSA) is 12.9 Å². The van der Waals surface area contributed by atoms with Gasteiger partial charge in [0.15, 0.2) is 0 Å². The monoisotopic (exact) mass is 191 g/mol. The molecule has 0 aliphatic rings. The van der Waals surface area contributed by atoms with Gasteiger partial charge in [-0.15, -0.1) is 0 Å². The summed E-state index contributed by atoms with van der Waals surface area (Å²) in [5, 5.41) is 5.00. The Labute approximate surface area is 89.4 Å². The van der Waals surface area contributed by atoms with Gasteiger partial charge in [-0.1, -0.05) is 24.3 Å². The number of hydrogen-bond acceptors (Lipinski definition) is 1. The van der Waals surface area contributed by atoms with Crippen molar-refractivity contribution in [3.63, 3.8) is 0 Å². The number of fused-ring (bicyclic) bond motifs is 2. The van der Waals surface area contributed by atoms with Crippen LogP contribution in [0.3, 0.4) is 0 Å². The molecule has 2 aromatic carbocycles. The van der Waals surface area contributed by atoms with Gasteiger partial charge >= 0.3 is 0 Å². The zero-order valence-electron chi connectivity index (χ0n) is 8.14. The van der Waals surface area contributed by atoms with E-state index in [1.54, 1.807) is 0 Å². The predicted molar refractivity (Wildman–Crippen MR) is 62.5 cm³/mol. The number of rotatable bonds is 0. The number of pyridine rings is 1. The smallest absolute Gasteiger partial charge is 0.0346 e. The van der Waals surface area contributed by atoms with Crippen molar-refractivity contribution in [3.05, 3.63) is 62.3 Å². The molecule has 0 unspecified atom stereocenters. The van der Waals surface area contributed by atoms with Crippen LogP contribution < -0.4 is 0 Å². The van der Waals surface area contributed by atoms with Gasteiger partial charge in [-0.05, 0) is 34.4 Å². The van der Waals surface area contributed by atoms with Gasteiger partial charge in [-0.2, -0.15) is 0 Å². The molecule has 0 fully saturated rings. The van der Waals surface area contributed by atoms with E-state index in [9.17, 15) is 0 Å². The summed E-state index contributed by atoms with van der Waals surface area (Å²) in [5.74, 6) is 0. The number of benzene rings is 2. The van der Waals surface area contributed by atoms with Crippen LogP contribution in [-0.2, 0) is 0 Å². The molecule has 3 rings (SSSR count). The Balaban J connectivity index is 0.000000853. The molecule has 0 aliphatic heterocycles. The van der Waals surface area contributed by atoms with E-state index in [1.807, 2.05) is 18.5 Å². The Morgan fingerprint density at radius 1 is 0.733 bits per heavy atom. The standard InChI is InChI=1S/C13H9N.C/c1-2-4-11-8-13-9-14-6-5-12(13)7-10(11)3-1;/h1-9H;. The molecule has 1 heterocycles. The third kappa shape index (κ3) is 1.57. The Hall–Kier alpha value is -1.89. The van der Waals surface area contributed by atoms with E-state index in [0.29, 0.717) is 0 Å². The van der Waals surface area contributed by atoms with Crippen LogP contribution in [0.4, 0.5) is 0 Å². The Kier molecular flexibility index (Phi) is 2.38. The van der Waals surface area contributed by atoms with E-state index in [4.69, 9.17) is 0 Å². The molecule has 0 saturated heterocycles. The molecule has 0 atom stereocenters. The van der Waals surface area contributed by atoms with Gasteiger partial charge in [-0.3, -0.25) is 4.98 Å². The highest BCUT2D eigenvalue weighted by molar-refractivity contribution is 5.97. The summed E-state index contributed by atoms with van der Waals surface area (Å²) in [6.07, 6.45) is 3.74. The lowest BCUT2D eigenvalue weighted by atomic mass is 10.1. The van der Waals surface area contributed by atoms with Gasteiger partial charge in [0.1, 0.15) is 0 Å². The normalized spacial score (nSPS) is 10.1. The van der Waals surface area contributed by atoms with Crippen LogP contribution in [0.5, 0.6) is 0 Å². The number of nitrogens with zero attached hydrogens (tertiary/aromatic N) is 1. The SMILES string of the molecule is [C].c1ccc2cc3cnccc3cc2c1. The average Bonchev–Trinajstić information content (AvgIpc) is 2.26. The third-order valence-corrected chi connectivity index (χ3v) is 2.51. The molecule has 0 saturated carbocycles. The maximum absolute atomic E-state index is 4.12. The molecule has 0 amide bonds. The Morgan fingerprint density at radius 3 is 2.07 bits per heavy atom. The lowest BCUT2D eigenvalue weighted by Crippen LogP contribution is -1.76. The van der Waals surface area contributed by atoms with Crippen LogP contribution in [0.1, 0.15) is 0 Å². The molecule has 1 aromatic heterocycles. The zero-order valence-corrected chi connectivity index (χ0v) is 8.14. The van der Waals surface area contributed by atoms with Crippen LogP contribution in [0.15, 0.2) is 54.9 Å². The van der Waals surface area contributed by atoms with E-state index in [-0.39, 0.29) is 7.43 Å². The highest BCUT2D eigenvalue weighted by Crippen LogP contribution is 2.21. The summed E-state index contributed by atoms with van der Waals surface area (Å²) in [7, 11) is 0. The first-order chi connectivity index (χ1) is 6.93. The fourth-order valence-electron chi connectivity index (χ4n) is 1.78. The first-order valence-corrected chi connectivity index (χ1v) is 4.66. The zero-order chi connectivity index (χ0) is 9.38. The fraction of sp³-hybridized carbons (Fsp3) is 0. The van der Waals surface area contributed by atoms with Gasteiger partial charge in [0.05, 0.1) is 0 Å². The van der Waals surface area contributed by atoms with Crippen LogP contribution in [0, 0.1) is 7.43 Å². The van der Waals surface area contributed by atoms with Crippen LogP contribution in [0.2, 0.25) is 0 Å². The first kappa shape index (κ1) is 9.66. The molecular weight excluding hydrogens is 182 g/mol. The highest BCUT2D eigenvalue weighted by atomic mass is 14.6. The van der Waals surface area contributed by atoms with Crippen molar-refractivity contribution in [1.29, 1.82) is 0 Å². The van der Waals surface area contributed by atoms with Crippen molar-refractivity contribution in [2.75, 3.05) is 0 Å². The Morgan fingerprint density at radius 2 is 1.33 bits per heavy atom. The number of aromatic nitrogens is 1. The maximum atomic E-state index is 4.12. The van der Waals surface area contributed by atoms with Crippen molar-refractivity contribution in [3.8, 4) is 0 Å². The van der Waals surface area contributed by atoms with Crippen molar-refractivity contribution in [2.24, 2.45) is 0 Å². The minimum Gasteiger partial charge on any atom is -0.264 e. The summed E-state index contributed by atoms with van der Waals surface area (Å²) in [5.41, 5.74) is 0. The predicted octanol–water partition coefficient (Wildman–Crippen LogP) is 3.47. The lowest BCUT2D eigenvalue weighted by Gasteiger charge is -2.00. The summed E-state index contributed by atoms with van der Waals surface area (Å²) < 4.78 is 0. The quantitative estimate of drug-likeness (QED) is 0.496. The molecular formula is C14H9N. The van der Waals surface area contributed by atoms with Crippen molar-refractivity contribution in [1.82, 2.24) is 4.98 Å². The van der Waals surface area contributed by atoms with Crippen molar-refractivity contribution >= 4 is 21.5 Å². The van der Waals surface area contributed by atoms with Crippen molar-refractivity contribution < 1.29 is 0 Å². The van der Waals surface area contributed by atoms with E-state index in [0.717, 1.165) is 0 Å². The summed E-state index contributed by atoms with van der Waals surface area (Å²) in [6, 6.07) is 14.8. The summed E-state index contributed by atoms with van der Waals surface area (Å²) in [6.45, 7) is 0. The van der Waals surface area contributed by atoms with Crippen LogP contribution in [-0.4, -0.2) is 4.98 Å². The maximum Gasteiger partial charge on any atom is 0.0346 e. The molecule has 3 aromatic rings. The molecule has 4 radical (unpaired) electrons. The molecule has 0 N–H and O–H groups in total. The summed E-state index contributed by atoms with van der Waals surface area (Å²) in [4.78, 5) is 4.12. The largest absolute Gasteiger partial charge is 0.264 e. The Bertz CT molecular complexity index is 494. The van der Waals surface area contributed by atoms with Gasteiger partial charge in [-0.25, -0.2) is 0 Å². The van der Waals surface area contributed by atoms with Gasteiger partial charge < -0.3 is 0 Å². The fourth-order valence-corrected chi connectivity index (χ4v) is 1.78. The second kappa shape index (κ2) is 3.70. The average molecular weight is 191 g/mol. The second-order valence-electron chi connectivity index (χ2n) is 3.42. The number of hydrogen-bond donors (Lipinski definition) is 0. The molecule has 1 heteroatoms. The van der Waals surface area contributed by atoms with Gasteiger partial charge in [0.2, 0.25) is 0 Å². The van der Waals surface area contributed by atoms with Gasteiger partial charge in [0, 0.05) is 25.2 Å². The van der Waals surface area contributed by atoms with Crippen molar-refractivity contribution in [2.45, 2.75) is 0 Å². The third-order valence-electron chi connectivity index (χ3n) is 2.51. The van der Waals surface area contributed by atoms with E-state index in [2.05, 4.69) is 41.4 Å². The molecule has 1 nitrogen and oxygen atoms in total. The van der Waals surface area contributed by atoms with E-state index in [1.165, 1.54) is 21.5 Å². The van der Waals surface area contributed by atoms with Gasteiger partial charge in [0.25, 0.3) is 0 Å². The lowest BCUT2D eigenvalue weighted by molar-refractivity contribution is 1.37. The van der Waals surface area contributed by atoms with Crippen LogP contribution in [0.25, 0.3) is 21.5 Å². The molecule has 70 valence electrons.